The van der Waals surface area contributed by atoms with E-state index in [2.05, 4.69) is 56.3 Å². The number of hydrogen-bond acceptors (Lipinski definition) is 1. The van der Waals surface area contributed by atoms with Crippen LogP contribution in [0.4, 0.5) is 0 Å². The van der Waals surface area contributed by atoms with E-state index in [9.17, 15) is 5.48 Å². The van der Waals surface area contributed by atoms with Gasteiger partial charge in [-0.25, -0.2) is 0 Å². The fraction of sp³-hybridized carbons (Fsp3) is 0.0638. The summed E-state index contributed by atoms with van der Waals surface area (Å²) in [5.41, 5.74) is 9.83. The lowest BCUT2D eigenvalue weighted by Gasteiger charge is -2.21. The van der Waals surface area contributed by atoms with Gasteiger partial charge in [0.15, 0.2) is 0 Å². The van der Waals surface area contributed by atoms with E-state index in [-0.39, 0.29) is 51.1 Å². The lowest BCUT2D eigenvalue weighted by molar-refractivity contribution is 0.660. The molecule has 226 valence electrons. The number of hydrogen-bond donors (Lipinski definition) is 0. The van der Waals surface area contributed by atoms with Crippen LogP contribution in [0, 0.1) is 0 Å². The van der Waals surface area contributed by atoms with E-state index in [0.29, 0.717) is 33.4 Å². The SMILES string of the molecule is [2H]c1c([2H])c([2H])c2c(-c3ccc4oc5ccccc5c4c3)c3c([2H])c([2H])c([2H])c([2H])c3c(-c3ccc(-c4ccc5c(c4)-c4ccccc4C5(C)C)cc3)c2c1[2H]. The Kier molecular flexibility index (Phi) is 4.25. The molecule has 0 spiro atoms. The molecule has 8 aromatic carbocycles. The molecule has 0 amide bonds. The fourth-order valence-electron chi connectivity index (χ4n) is 7.81. The summed E-state index contributed by atoms with van der Waals surface area (Å²) >= 11 is 0. The largest absolute Gasteiger partial charge is 0.456 e. The quantitative estimate of drug-likeness (QED) is 0.179. The van der Waals surface area contributed by atoms with Gasteiger partial charge < -0.3 is 4.42 Å². The average Bonchev–Trinajstić information content (AvgIpc) is 3.70. The molecule has 0 radical (unpaired) electrons. The molecule has 1 aliphatic rings. The van der Waals surface area contributed by atoms with Crippen LogP contribution in [0.3, 0.4) is 0 Å². The molecule has 1 aliphatic carbocycles. The summed E-state index contributed by atoms with van der Waals surface area (Å²) in [6, 6.07) is 32.9. The van der Waals surface area contributed by atoms with Crippen LogP contribution in [0.1, 0.15) is 35.9 Å². The topological polar surface area (TPSA) is 13.1 Å². The van der Waals surface area contributed by atoms with Crippen LogP contribution in [-0.2, 0) is 5.41 Å². The molecule has 0 fully saturated rings. The van der Waals surface area contributed by atoms with Gasteiger partial charge in [0.05, 0.1) is 11.0 Å². The van der Waals surface area contributed by atoms with Crippen molar-refractivity contribution in [2.45, 2.75) is 19.3 Å². The second-order valence-corrected chi connectivity index (χ2v) is 13.1. The summed E-state index contributed by atoms with van der Waals surface area (Å²) in [5, 5.41) is 2.36. The Morgan fingerprint density at radius 1 is 0.438 bits per heavy atom. The summed E-state index contributed by atoms with van der Waals surface area (Å²) in [6.07, 6.45) is 0. The number of rotatable bonds is 3. The van der Waals surface area contributed by atoms with Gasteiger partial charge in [0.2, 0.25) is 0 Å². The minimum atomic E-state index is -0.429. The predicted molar refractivity (Wildman–Crippen MR) is 203 cm³/mol. The first kappa shape index (κ1) is 20.3. The Hall–Kier alpha value is -5.92. The van der Waals surface area contributed by atoms with Crippen molar-refractivity contribution in [3.8, 4) is 44.5 Å². The maximum absolute atomic E-state index is 9.33. The van der Waals surface area contributed by atoms with Crippen LogP contribution >= 0.6 is 0 Å². The molecule has 10 rings (SSSR count). The molecular formula is C47H32O. The molecule has 0 atom stereocenters. The molecule has 0 unspecified atom stereocenters. The Morgan fingerprint density at radius 3 is 1.71 bits per heavy atom. The van der Waals surface area contributed by atoms with E-state index in [4.69, 9.17) is 9.90 Å². The molecule has 1 heteroatoms. The van der Waals surface area contributed by atoms with Crippen molar-refractivity contribution < 1.29 is 15.4 Å². The average molecular weight is 621 g/mol. The van der Waals surface area contributed by atoms with Gasteiger partial charge in [-0.2, -0.15) is 0 Å². The van der Waals surface area contributed by atoms with Crippen molar-refractivity contribution >= 4 is 43.5 Å². The summed E-state index contributed by atoms with van der Waals surface area (Å²) in [5.74, 6) is 0. The van der Waals surface area contributed by atoms with Crippen molar-refractivity contribution in [2.75, 3.05) is 0 Å². The van der Waals surface area contributed by atoms with E-state index < -0.39 is 24.2 Å². The third-order valence-electron chi connectivity index (χ3n) is 10.1. The number of para-hydroxylation sites is 1. The maximum Gasteiger partial charge on any atom is 0.135 e. The van der Waals surface area contributed by atoms with Crippen LogP contribution < -0.4 is 0 Å². The van der Waals surface area contributed by atoms with E-state index in [1.165, 1.54) is 22.3 Å². The van der Waals surface area contributed by atoms with Gasteiger partial charge in [0.1, 0.15) is 11.2 Å². The number of furan rings is 1. The molecule has 48 heavy (non-hydrogen) atoms. The zero-order valence-electron chi connectivity index (χ0n) is 34.3. The molecule has 9 aromatic rings. The Morgan fingerprint density at radius 2 is 0.979 bits per heavy atom. The smallest absolute Gasteiger partial charge is 0.135 e. The van der Waals surface area contributed by atoms with Crippen LogP contribution in [0.15, 0.2) is 162 Å². The van der Waals surface area contributed by atoms with Gasteiger partial charge in [0.25, 0.3) is 0 Å². The van der Waals surface area contributed by atoms with Gasteiger partial charge in [-0.05, 0) is 101 Å². The van der Waals surface area contributed by atoms with Crippen molar-refractivity contribution in [1.82, 2.24) is 0 Å². The van der Waals surface area contributed by atoms with E-state index in [1.54, 1.807) is 12.1 Å². The molecule has 1 heterocycles. The second-order valence-electron chi connectivity index (χ2n) is 13.1. The van der Waals surface area contributed by atoms with Gasteiger partial charge >= 0.3 is 0 Å². The summed E-state index contributed by atoms with van der Waals surface area (Å²) < 4.78 is 78.5. The van der Waals surface area contributed by atoms with Gasteiger partial charge in [-0.15, -0.1) is 0 Å². The normalized spacial score (nSPS) is 15.7. The Labute approximate surface area is 291 Å². The highest BCUT2D eigenvalue weighted by Gasteiger charge is 2.35. The van der Waals surface area contributed by atoms with Crippen LogP contribution in [0.5, 0.6) is 0 Å². The molecule has 0 aliphatic heterocycles. The van der Waals surface area contributed by atoms with E-state index in [0.717, 1.165) is 21.9 Å². The van der Waals surface area contributed by atoms with Crippen molar-refractivity contribution in [1.29, 1.82) is 0 Å². The minimum absolute atomic E-state index is 0.124. The number of benzene rings is 8. The zero-order valence-corrected chi connectivity index (χ0v) is 26.3. The van der Waals surface area contributed by atoms with Crippen molar-refractivity contribution in [3.63, 3.8) is 0 Å². The highest BCUT2D eigenvalue weighted by molar-refractivity contribution is 6.22. The monoisotopic (exact) mass is 620 g/mol. The third kappa shape index (κ3) is 3.85. The minimum Gasteiger partial charge on any atom is -0.456 e. The lowest BCUT2D eigenvalue weighted by Crippen LogP contribution is -2.14. The number of fused-ring (bicyclic) bond motifs is 8. The van der Waals surface area contributed by atoms with Gasteiger partial charge in [0, 0.05) is 16.2 Å². The molecule has 1 nitrogen and oxygen atoms in total. The highest BCUT2D eigenvalue weighted by atomic mass is 16.3. The van der Waals surface area contributed by atoms with E-state index >= 15 is 0 Å². The van der Waals surface area contributed by atoms with Crippen LogP contribution in [0.2, 0.25) is 0 Å². The van der Waals surface area contributed by atoms with Gasteiger partial charge in [-0.1, -0.05) is 147 Å². The predicted octanol–water partition coefficient (Wildman–Crippen LogP) is 13.2. The fourth-order valence-corrected chi connectivity index (χ4v) is 7.81. The zero-order chi connectivity index (χ0) is 38.9. The first-order valence-electron chi connectivity index (χ1n) is 20.1. The Balaban J connectivity index is 1.27. The standard InChI is InChI=1S/C47H32O/c1-47(2)41-17-9-7-11-33(41)39-27-31(23-25-42(39)47)29-19-21-30(22-20-29)45-35-13-3-5-15-37(35)46(38-16-6-4-14-36(38)45)32-24-26-44-40(28-32)34-12-8-10-18-43(34)48-44/h3-28H,1-2H3/i3D,4D,5D,6D,13D,14D,15D,16D. The molecular weight excluding hydrogens is 581 g/mol. The molecule has 0 N–H and O–H groups in total. The molecule has 1 aromatic heterocycles. The summed E-state index contributed by atoms with van der Waals surface area (Å²) in [4.78, 5) is 0. The maximum atomic E-state index is 9.33. The van der Waals surface area contributed by atoms with Crippen LogP contribution in [0.25, 0.3) is 88.0 Å². The molecule has 0 saturated heterocycles. The summed E-state index contributed by atoms with van der Waals surface area (Å²) in [7, 11) is 0. The Bertz CT molecular complexity index is 3110. The summed E-state index contributed by atoms with van der Waals surface area (Å²) in [6.45, 7) is 4.49. The first-order chi connectivity index (χ1) is 26.9. The molecule has 0 saturated carbocycles. The van der Waals surface area contributed by atoms with Crippen molar-refractivity contribution in [2.24, 2.45) is 0 Å². The first-order valence-corrected chi connectivity index (χ1v) is 16.1. The van der Waals surface area contributed by atoms with Crippen molar-refractivity contribution in [3.05, 3.63) is 169 Å². The van der Waals surface area contributed by atoms with E-state index in [1.807, 2.05) is 54.6 Å². The highest BCUT2D eigenvalue weighted by Crippen LogP contribution is 2.50. The lowest BCUT2D eigenvalue weighted by atomic mass is 9.82. The molecule has 0 bridgehead atoms. The second kappa shape index (κ2) is 10.0. The van der Waals surface area contributed by atoms with Gasteiger partial charge in [-0.3, -0.25) is 0 Å². The third-order valence-corrected chi connectivity index (χ3v) is 10.1. The van der Waals surface area contributed by atoms with Crippen LogP contribution in [-0.4, -0.2) is 0 Å².